The van der Waals surface area contributed by atoms with Gasteiger partial charge < -0.3 is 0 Å². The molecule has 2 heteroatoms. The van der Waals surface area contributed by atoms with Crippen molar-refractivity contribution >= 4 is 0 Å². The van der Waals surface area contributed by atoms with Crippen LogP contribution in [0.3, 0.4) is 0 Å². The van der Waals surface area contributed by atoms with Crippen LogP contribution in [0, 0.1) is 0 Å². The second-order valence-corrected chi connectivity index (χ2v) is 8.24. The van der Waals surface area contributed by atoms with Crippen LogP contribution in [0.2, 0.25) is 0 Å². The van der Waals surface area contributed by atoms with Crippen molar-refractivity contribution in [3.63, 3.8) is 0 Å². The molecule has 0 N–H and O–H groups in total. The topological polar surface area (TPSA) is 25.8 Å². The van der Waals surface area contributed by atoms with Crippen molar-refractivity contribution in [1.29, 1.82) is 0 Å². The average Bonchev–Trinajstić information content (AvgIpc) is 2.85. The van der Waals surface area contributed by atoms with Gasteiger partial charge in [-0.1, -0.05) is 97.2 Å². The molecule has 0 aliphatic heterocycles. The zero-order valence-electron chi connectivity index (χ0n) is 17.3. The molecule has 2 nitrogen and oxygen atoms in total. The fourth-order valence-corrected chi connectivity index (χ4v) is 4.57. The van der Waals surface area contributed by atoms with Gasteiger partial charge in [0.2, 0.25) is 0 Å². The first kappa shape index (κ1) is 19.0. The third-order valence-corrected chi connectivity index (χ3v) is 6.11. The van der Waals surface area contributed by atoms with Gasteiger partial charge in [-0.05, 0) is 25.7 Å². The number of aromatic nitrogens is 2. The lowest BCUT2D eigenvalue weighted by molar-refractivity contribution is 0.765. The predicted octanol–water partition coefficient (Wildman–Crippen LogP) is 6.88. The summed E-state index contributed by atoms with van der Waals surface area (Å²) >= 11 is 0. The molecule has 1 heterocycles. The quantitative estimate of drug-likeness (QED) is 0.522. The number of rotatable bonds is 4. The molecule has 0 radical (unpaired) electrons. The molecule has 0 saturated heterocycles. The van der Waals surface area contributed by atoms with E-state index < -0.39 is 0 Å². The first-order valence-electron chi connectivity index (χ1n) is 11.1. The summed E-state index contributed by atoms with van der Waals surface area (Å²) in [6.45, 7) is 0. The van der Waals surface area contributed by atoms with Crippen LogP contribution >= 0.6 is 0 Å². The Morgan fingerprint density at radius 2 is 0.567 bits per heavy atom. The van der Waals surface area contributed by atoms with Crippen molar-refractivity contribution in [2.45, 2.75) is 49.4 Å². The van der Waals surface area contributed by atoms with Gasteiger partial charge in [0.1, 0.15) is 0 Å². The minimum atomic E-state index is 0.187. The van der Waals surface area contributed by atoms with Crippen LogP contribution in [0.25, 0.3) is 0 Å². The lowest BCUT2D eigenvalue weighted by Crippen LogP contribution is -2.17. The monoisotopic (exact) mass is 392 g/mol. The third-order valence-electron chi connectivity index (χ3n) is 6.11. The molecular formula is C28H28N2. The van der Waals surface area contributed by atoms with E-state index in [1.807, 2.05) is 0 Å². The maximum atomic E-state index is 5.37. The smallest absolute Gasteiger partial charge is 0.0738 e. The number of hydrogen-bond donors (Lipinski definition) is 0. The molecule has 4 aliphatic rings. The molecule has 5 rings (SSSR count). The van der Waals surface area contributed by atoms with Crippen molar-refractivity contribution in [2.24, 2.45) is 0 Å². The Balaban J connectivity index is 1.70. The van der Waals surface area contributed by atoms with Crippen LogP contribution in [0.1, 0.15) is 72.1 Å². The first-order chi connectivity index (χ1) is 14.9. The Kier molecular flexibility index (Phi) is 5.56. The zero-order chi connectivity index (χ0) is 20.2. The number of hydrogen-bond acceptors (Lipinski definition) is 2. The van der Waals surface area contributed by atoms with E-state index in [1.54, 1.807) is 0 Å². The second kappa shape index (κ2) is 8.79. The molecule has 0 atom stereocenters. The van der Waals surface area contributed by atoms with E-state index in [0.29, 0.717) is 0 Å². The highest BCUT2D eigenvalue weighted by Gasteiger charge is 2.27. The number of allylic oxidation sites excluding steroid dienone is 16. The first-order valence-corrected chi connectivity index (χ1v) is 11.1. The standard InChI is InChI=1S/C28H28N2/c1-5-13-21(14-6-1)25-26(22-15-7-2-8-16-22)30-28(24-19-11-4-12-20-24)27(29-25)23-17-9-3-10-18-23/h5-24H,1-4H2. The molecule has 0 aromatic carbocycles. The molecule has 0 spiro atoms. The summed E-state index contributed by atoms with van der Waals surface area (Å²) in [4.78, 5) is 10.7. The van der Waals surface area contributed by atoms with Gasteiger partial charge in [0.05, 0.1) is 22.8 Å². The van der Waals surface area contributed by atoms with E-state index >= 15 is 0 Å². The molecule has 0 fully saturated rings. The molecule has 0 saturated carbocycles. The third kappa shape index (κ3) is 3.87. The van der Waals surface area contributed by atoms with Gasteiger partial charge in [0.25, 0.3) is 0 Å². The zero-order valence-corrected chi connectivity index (χ0v) is 17.3. The minimum Gasteiger partial charge on any atom is -0.252 e. The van der Waals surface area contributed by atoms with Gasteiger partial charge in [-0.2, -0.15) is 0 Å². The SMILES string of the molecule is C1=CC(c2nc(C3C=CCC=C3)c(C3C=CCC=C3)nc2C2C=CCC=C2)C=CC1. The van der Waals surface area contributed by atoms with Crippen LogP contribution in [-0.2, 0) is 0 Å². The van der Waals surface area contributed by atoms with Gasteiger partial charge >= 0.3 is 0 Å². The van der Waals surface area contributed by atoms with Gasteiger partial charge in [0.15, 0.2) is 0 Å². The second-order valence-electron chi connectivity index (χ2n) is 8.24. The summed E-state index contributed by atoms with van der Waals surface area (Å²) in [6.07, 6.45) is 40.1. The van der Waals surface area contributed by atoms with Crippen LogP contribution < -0.4 is 0 Å². The normalized spacial score (nSPS) is 21.9. The molecule has 0 bridgehead atoms. The van der Waals surface area contributed by atoms with Crippen LogP contribution in [0.15, 0.2) is 97.2 Å². The van der Waals surface area contributed by atoms with Gasteiger partial charge in [-0.25, -0.2) is 0 Å². The Hall–Kier alpha value is -3.00. The Morgan fingerprint density at radius 1 is 0.367 bits per heavy atom. The fourth-order valence-electron chi connectivity index (χ4n) is 4.57. The molecular weight excluding hydrogens is 364 g/mol. The highest BCUT2D eigenvalue weighted by Crippen LogP contribution is 2.37. The summed E-state index contributed by atoms with van der Waals surface area (Å²) in [5, 5.41) is 0. The Morgan fingerprint density at radius 3 is 0.767 bits per heavy atom. The van der Waals surface area contributed by atoms with Gasteiger partial charge in [0, 0.05) is 23.7 Å². The van der Waals surface area contributed by atoms with E-state index in [-0.39, 0.29) is 23.7 Å². The summed E-state index contributed by atoms with van der Waals surface area (Å²) in [5.74, 6) is 0.747. The molecule has 4 aliphatic carbocycles. The van der Waals surface area contributed by atoms with Crippen LogP contribution in [-0.4, -0.2) is 9.97 Å². The molecule has 1 aromatic rings. The molecule has 30 heavy (non-hydrogen) atoms. The predicted molar refractivity (Wildman–Crippen MR) is 125 cm³/mol. The van der Waals surface area contributed by atoms with Crippen LogP contribution in [0.4, 0.5) is 0 Å². The maximum Gasteiger partial charge on any atom is 0.0738 e. The van der Waals surface area contributed by atoms with Gasteiger partial charge in [-0.15, -0.1) is 0 Å². The summed E-state index contributed by atoms with van der Waals surface area (Å²) < 4.78 is 0. The lowest BCUT2D eigenvalue weighted by atomic mass is 9.87. The van der Waals surface area contributed by atoms with Crippen molar-refractivity contribution in [1.82, 2.24) is 9.97 Å². The average molecular weight is 393 g/mol. The summed E-state index contributed by atoms with van der Waals surface area (Å²) in [6, 6.07) is 0. The van der Waals surface area contributed by atoms with Crippen molar-refractivity contribution < 1.29 is 0 Å². The minimum absolute atomic E-state index is 0.187. The molecule has 0 amide bonds. The lowest BCUT2D eigenvalue weighted by Gasteiger charge is -2.25. The highest BCUT2D eigenvalue weighted by molar-refractivity contribution is 5.43. The maximum absolute atomic E-state index is 5.37. The van der Waals surface area contributed by atoms with E-state index in [1.165, 1.54) is 0 Å². The fraction of sp³-hybridized carbons (Fsp3) is 0.286. The molecule has 150 valence electrons. The summed E-state index contributed by atoms with van der Waals surface area (Å²) in [7, 11) is 0. The Bertz CT molecular complexity index is 819. The number of nitrogens with zero attached hydrogens (tertiary/aromatic N) is 2. The summed E-state index contributed by atoms with van der Waals surface area (Å²) in [5.41, 5.74) is 4.38. The van der Waals surface area contributed by atoms with E-state index in [2.05, 4.69) is 97.2 Å². The molecule has 0 unspecified atom stereocenters. The van der Waals surface area contributed by atoms with Crippen molar-refractivity contribution in [3.05, 3.63) is 120 Å². The Labute approximate surface area is 179 Å². The molecule has 1 aromatic heterocycles. The largest absolute Gasteiger partial charge is 0.252 e. The van der Waals surface area contributed by atoms with Crippen molar-refractivity contribution in [3.8, 4) is 0 Å². The van der Waals surface area contributed by atoms with Crippen LogP contribution in [0.5, 0.6) is 0 Å². The van der Waals surface area contributed by atoms with Crippen molar-refractivity contribution in [2.75, 3.05) is 0 Å². The van der Waals surface area contributed by atoms with E-state index in [0.717, 1.165) is 48.5 Å². The van der Waals surface area contributed by atoms with E-state index in [9.17, 15) is 0 Å². The van der Waals surface area contributed by atoms with Gasteiger partial charge in [-0.3, -0.25) is 9.97 Å². The van der Waals surface area contributed by atoms with E-state index in [4.69, 9.17) is 9.97 Å². The highest BCUT2D eigenvalue weighted by atomic mass is 14.9.